The topological polar surface area (TPSA) is 276 Å². The number of aliphatic carboxylic acids is 1. The third-order valence-electron chi connectivity index (χ3n) is 7.87. The second kappa shape index (κ2) is 21.2. The van der Waals surface area contributed by atoms with E-state index in [4.69, 9.17) is 11.5 Å². The predicted molar refractivity (Wildman–Crippen MR) is 198 cm³/mol. The molecule has 1 fully saturated rings. The highest BCUT2D eigenvalue weighted by molar-refractivity contribution is 14.1. The molecule has 0 radical (unpaired) electrons. The number of aliphatic imine (C=N–C) groups is 1. The summed E-state index contributed by atoms with van der Waals surface area (Å²) in [6.45, 7) is -0.214. The Balaban J connectivity index is 1.87. The molecule has 0 spiro atoms. The molecule has 1 aliphatic heterocycles. The van der Waals surface area contributed by atoms with Crippen LogP contribution in [-0.2, 0) is 35.2 Å². The molecule has 0 saturated carbocycles. The predicted octanol–water partition coefficient (Wildman–Crippen LogP) is -0.969. The molecule has 2 aromatic rings. The first-order valence-corrected chi connectivity index (χ1v) is 17.7. The molecule has 1 saturated heterocycles. The minimum absolute atomic E-state index is 0.0294. The van der Waals surface area contributed by atoms with Gasteiger partial charge in [0.05, 0.1) is 13.0 Å². The summed E-state index contributed by atoms with van der Waals surface area (Å²) >= 11 is 2.11. The van der Waals surface area contributed by atoms with E-state index in [0.29, 0.717) is 24.0 Å². The number of nitrogens with zero attached hydrogens (tertiary/aromatic N) is 1. The van der Waals surface area contributed by atoms with E-state index in [0.717, 1.165) is 3.57 Å². The number of carbonyl (C=O) groups excluding carboxylic acids is 6. The van der Waals surface area contributed by atoms with Gasteiger partial charge in [-0.1, -0.05) is 36.4 Å². The average Bonchev–Trinajstić information content (AvgIpc) is 3.10. The van der Waals surface area contributed by atoms with Gasteiger partial charge in [0.2, 0.25) is 29.5 Å². The zero-order valence-electron chi connectivity index (χ0n) is 28.4. The number of hydrogen-bond donors (Lipinski definition) is 9. The lowest BCUT2D eigenvalue weighted by atomic mass is 10.0. The summed E-state index contributed by atoms with van der Waals surface area (Å²) in [7, 11) is 0. The second-order valence-corrected chi connectivity index (χ2v) is 13.3. The molecule has 2 aromatic carbocycles. The van der Waals surface area contributed by atoms with Crippen molar-refractivity contribution in [2.45, 2.75) is 69.1 Å². The Labute approximate surface area is 314 Å². The van der Waals surface area contributed by atoms with E-state index in [1.165, 1.54) is 0 Å². The molecule has 0 aliphatic carbocycles. The lowest BCUT2D eigenvalue weighted by Crippen LogP contribution is -2.58. The third kappa shape index (κ3) is 14.5. The van der Waals surface area contributed by atoms with Crippen LogP contribution in [0.4, 0.5) is 0 Å². The van der Waals surface area contributed by atoms with Crippen molar-refractivity contribution >= 4 is 70.0 Å². The normalized spacial score (nSPS) is 20.1. The summed E-state index contributed by atoms with van der Waals surface area (Å²) in [5, 5.41) is 24.9. The molecular formula is C34H44IN9O8. The highest BCUT2D eigenvalue weighted by Gasteiger charge is 2.33. The van der Waals surface area contributed by atoms with E-state index in [1.807, 2.05) is 6.07 Å². The van der Waals surface area contributed by atoms with Crippen LogP contribution in [0.1, 0.15) is 54.4 Å². The summed E-state index contributed by atoms with van der Waals surface area (Å²) in [5.41, 5.74) is 12.0. The molecule has 52 heavy (non-hydrogen) atoms. The Morgan fingerprint density at radius 1 is 0.788 bits per heavy atom. The van der Waals surface area contributed by atoms with Crippen LogP contribution in [0, 0.1) is 3.57 Å². The first kappa shape index (κ1) is 41.2. The highest BCUT2D eigenvalue weighted by atomic mass is 125. The Bertz CT molecular complexity index is 1620. The molecule has 17 nitrogen and oxygen atoms in total. The lowest BCUT2D eigenvalue weighted by molar-refractivity contribution is -0.141. The van der Waals surface area contributed by atoms with E-state index >= 15 is 0 Å². The quantitative estimate of drug-likeness (QED) is 0.0487. The van der Waals surface area contributed by atoms with Crippen LogP contribution in [0.3, 0.4) is 0 Å². The van der Waals surface area contributed by atoms with Gasteiger partial charge in [-0.15, -0.1) is 0 Å². The maximum absolute atomic E-state index is 13.8. The third-order valence-corrected chi connectivity index (χ3v) is 8.54. The zero-order valence-corrected chi connectivity index (χ0v) is 30.5. The Hall–Kier alpha value is -5.27. The van der Waals surface area contributed by atoms with Crippen LogP contribution >= 0.6 is 22.6 Å². The summed E-state index contributed by atoms with van der Waals surface area (Å²) in [6.07, 6.45) is 0.372. The number of guanidine groups is 1. The number of amides is 6. The highest BCUT2D eigenvalue weighted by Crippen LogP contribution is 2.10. The molecule has 3 rings (SSSR count). The van der Waals surface area contributed by atoms with Crippen LogP contribution in [0.25, 0.3) is 0 Å². The number of carboxylic acid groups (broad SMARTS) is 1. The smallest absolute Gasteiger partial charge is 0.305 e. The lowest BCUT2D eigenvalue weighted by Gasteiger charge is -2.26. The molecule has 4 atom stereocenters. The molecular weight excluding hydrogens is 787 g/mol. The summed E-state index contributed by atoms with van der Waals surface area (Å²) in [5.74, 6) is -5.83. The minimum Gasteiger partial charge on any atom is -0.481 e. The van der Waals surface area contributed by atoms with Gasteiger partial charge < -0.3 is 48.5 Å². The van der Waals surface area contributed by atoms with E-state index in [1.54, 1.807) is 48.5 Å². The van der Waals surface area contributed by atoms with Gasteiger partial charge in [-0.3, -0.25) is 38.6 Å². The number of hydrogen-bond acceptors (Lipinski definition) is 8. The molecule has 0 unspecified atom stereocenters. The molecule has 18 heteroatoms. The van der Waals surface area contributed by atoms with Crippen molar-refractivity contribution in [1.29, 1.82) is 0 Å². The number of unbranched alkanes of at least 4 members (excludes halogenated alkanes) is 1. The van der Waals surface area contributed by atoms with E-state index in [2.05, 4.69) is 59.5 Å². The first-order chi connectivity index (χ1) is 24.8. The SMILES string of the molecule is NC(N)=NCCC[C@@H]1NC(=O)[C@H](CCCCNC(=O)c2cccc([125I])c2)NC(=O)[C@@H](Cc2ccccc2)NC(=O)[C@H](CC(=O)O)NC(=O)CNC1=O. The van der Waals surface area contributed by atoms with Crippen LogP contribution in [0.15, 0.2) is 59.6 Å². The molecule has 6 amide bonds. The summed E-state index contributed by atoms with van der Waals surface area (Å²) in [6, 6.07) is 10.5. The molecule has 11 N–H and O–H groups in total. The van der Waals surface area contributed by atoms with Crippen LogP contribution in [-0.4, -0.2) is 96.3 Å². The molecule has 0 bridgehead atoms. The van der Waals surface area contributed by atoms with Gasteiger partial charge in [-0.05, 0) is 78.5 Å². The number of carboxylic acids is 1. The maximum atomic E-state index is 13.8. The number of nitrogens with two attached hydrogens (primary N) is 2. The molecule has 280 valence electrons. The number of benzene rings is 2. The van der Waals surface area contributed by atoms with Gasteiger partial charge >= 0.3 is 5.97 Å². The van der Waals surface area contributed by atoms with Crippen molar-refractivity contribution in [2.24, 2.45) is 16.5 Å². The monoisotopic (exact) mass is 831 g/mol. The number of carbonyl (C=O) groups is 7. The van der Waals surface area contributed by atoms with E-state index < -0.39 is 72.6 Å². The fourth-order valence-corrected chi connectivity index (χ4v) is 5.79. The van der Waals surface area contributed by atoms with Crippen LogP contribution in [0.2, 0.25) is 0 Å². The van der Waals surface area contributed by atoms with Crippen LogP contribution in [0.5, 0.6) is 0 Å². The first-order valence-electron chi connectivity index (χ1n) is 16.7. The van der Waals surface area contributed by atoms with Crippen molar-refractivity contribution < 1.29 is 38.7 Å². The van der Waals surface area contributed by atoms with Crippen molar-refractivity contribution in [3.63, 3.8) is 0 Å². The zero-order chi connectivity index (χ0) is 38.0. The largest absolute Gasteiger partial charge is 0.481 e. The van der Waals surface area contributed by atoms with Crippen molar-refractivity contribution in [2.75, 3.05) is 19.6 Å². The fraction of sp³-hybridized carbons (Fsp3) is 0.412. The Morgan fingerprint density at radius 2 is 1.42 bits per heavy atom. The maximum Gasteiger partial charge on any atom is 0.305 e. The molecule has 1 aliphatic rings. The number of nitrogens with one attached hydrogen (secondary N) is 6. The summed E-state index contributed by atoms with van der Waals surface area (Å²) in [4.78, 5) is 95.1. The Kier molecular flexibility index (Phi) is 16.8. The van der Waals surface area contributed by atoms with Crippen molar-refractivity contribution in [3.8, 4) is 0 Å². The standard InChI is InChI=1S/C34H44IN9O8/c35-22-11-6-10-21(17-22)29(48)38-14-5-4-12-24-31(50)42-23(13-7-15-39-34(36)37)30(49)40-19-27(45)41-26(18-28(46)47)33(52)44-25(32(51)43-24)16-20-8-2-1-3-9-20/h1-3,6,8-11,17,23-26H,4-5,7,12-16,18-19H2,(H,38,48)(H,40,49)(H,41,45)(H,42,50)(H,43,51)(H,44,52)(H,46,47)(H4,36,37,39)/t23-,24-,25+,26-/m0/s1/i35-2. The van der Waals surface area contributed by atoms with Gasteiger partial charge in [0.15, 0.2) is 5.96 Å². The van der Waals surface area contributed by atoms with Gasteiger partial charge in [-0.25, -0.2) is 0 Å². The van der Waals surface area contributed by atoms with Gasteiger partial charge in [-0.2, -0.15) is 0 Å². The van der Waals surface area contributed by atoms with Crippen LogP contribution < -0.4 is 43.4 Å². The molecule has 0 aromatic heterocycles. The Morgan fingerprint density at radius 3 is 2.10 bits per heavy atom. The minimum atomic E-state index is -1.58. The second-order valence-electron chi connectivity index (χ2n) is 12.0. The number of halogens is 1. The number of rotatable bonds is 14. The van der Waals surface area contributed by atoms with Gasteiger partial charge in [0, 0.05) is 28.6 Å². The summed E-state index contributed by atoms with van der Waals surface area (Å²) < 4.78 is 0.904. The van der Waals surface area contributed by atoms with Gasteiger partial charge in [0.25, 0.3) is 5.91 Å². The molecule has 1 heterocycles. The van der Waals surface area contributed by atoms with E-state index in [-0.39, 0.29) is 50.6 Å². The van der Waals surface area contributed by atoms with Gasteiger partial charge in [0.1, 0.15) is 24.2 Å². The van der Waals surface area contributed by atoms with Crippen molar-refractivity contribution in [1.82, 2.24) is 31.9 Å². The fourth-order valence-electron chi connectivity index (χ4n) is 5.24. The average molecular weight is 832 g/mol. The van der Waals surface area contributed by atoms with E-state index in [9.17, 15) is 38.7 Å². The van der Waals surface area contributed by atoms with Crippen molar-refractivity contribution in [3.05, 3.63) is 69.3 Å².